The normalized spacial score (nSPS) is 18.3. The molecule has 2 aliphatic heterocycles. The summed E-state index contributed by atoms with van der Waals surface area (Å²) in [5.74, 6) is -0.158. The lowest BCUT2D eigenvalue weighted by atomic mass is 10.0. The molecule has 2 fully saturated rings. The number of amides is 2. The Kier molecular flexibility index (Phi) is 6.50. The van der Waals surface area contributed by atoms with Crippen LogP contribution in [0.15, 0.2) is 24.3 Å². The van der Waals surface area contributed by atoms with E-state index in [9.17, 15) is 9.59 Å². The number of hydrogen-bond acceptors (Lipinski definition) is 4. The highest BCUT2D eigenvalue weighted by atomic mass is 16.2. The molecule has 2 amide bonds. The van der Waals surface area contributed by atoms with Gasteiger partial charge in [0, 0.05) is 37.6 Å². The summed E-state index contributed by atoms with van der Waals surface area (Å²) in [6, 6.07) is 7.52. The fraction of sp³-hybridized carbons (Fsp3) is 0.600. The van der Waals surface area contributed by atoms with E-state index in [0.29, 0.717) is 19.5 Å². The third-order valence-corrected chi connectivity index (χ3v) is 5.22. The van der Waals surface area contributed by atoms with Crippen molar-refractivity contribution >= 4 is 23.2 Å². The maximum absolute atomic E-state index is 12.8. The molecule has 1 unspecified atom stereocenters. The number of nitrogens with one attached hydrogen (secondary N) is 3. The minimum absolute atomic E-state index is 0.00887. The standard InChI is InChI=1S/C20H30N4O2/c1-2-3-9-18(23-19(25)15-13-21-14-15)20(26)22-16-7-6-8-17(12-16)24-10-4-5-11-24/h6-8,12,15,18,21H,2-5,9-11,13-14H2,1H3,(H,22,26)(H,23,25). The molecule has 6 nitrogen and oxygen atoms in total. The smallest absolute Gasteiger partial charge is 0.246 e. The zero-order chi connectivity index (χ0) is 18.4. The number of carbonyl (C=O) groups excluding carboxylic acids is 2. The molecule has 0 spiro atoms. The fourth-order valence-corrected chi connectivity index (χ4v) is 3.43. The lowest BCUT2D eigenvalue weighted by Gasteiger charge is -2.28. The van der Waals surface area contributed by atoms with Crippen LogP contribution < -0.4 is 20.9 Å². The van der Waals surface area contributed by atoms with Crippen molar-refractivity contribution in [1.29, 1.82) is 0 Å². The number of hydrogen-bond donors (Lipinski definition) is 3. The molecule has 0 aromatic heterocycles. The molecular formula is C20H30N4O2. The van der Waals surface area contributed by atoms with Crippen molar-refractivity contribution in [3.05, 3.63) is 24.3 Å². The van der Waals surface area contributed by atoms with Gasteiger partial charge in [-0.2, -0.15) is 0 Å². The summed E-state index contributed by atoms with van der Waals surface area (Å²) in [5.41, 5.74) is 1.94. The maximum atomic E-state index is 12.8. The number of nitrogens with zero attached hydrogens (tertiary/aromatic N) is 1. The van der Waals surface area contributed by atoms with E-state index in [0.717, 1.165) is 37.3 Å². The highest BCUT2D eigenvalue weighted by molar-refractivity contribution is 5.97. The highest BCUT2D eigenvalue weighted by Crippen LogP contribution is 2.23. The molecule has 2 aliphatic rings. The molecule has 3 rings (SSSR count). The molecular weight excluding hydrogens is 328 g/mol. The minimum Gasteiger partial charge on any atom is -0.371 e. The van der Waals surface area contributed by atoms with Gasteiger partial charge in [-0.05, 0) is 37.5 Å². The highest BCUT2D eigenvalue weighted by Gasteiger charge is 2.29. The van der Waals surface area contributed by atoms with E-state index in [1.54, 1.807) is 0 Å². The van der Waals surface area contributed by atoms with Gasteiger partial charge < -0.3 is 20.9 Å². The van der Waals surface area contributed by atoms with Gasteiger partial charge in [0.15, 0.2) is 0 Å². The van der Waals surface area contributed by atoms with Gasteiger partial charge in [0.25, 0.3) is 0 Å². The molecule has 6 heteroatoms. The van der Waals surface area contributed by atoms with Gasteiger partial charge >= 0.3 is 0 Å². The van der Waals surface area contributed by atoms with Crippen molar-refractivity contribution < 1.29 is 9.59 Å². The third kappa shape index (κ3) is 4.75. The third-order valence-electron chi connectivity index (χ3n) is 5.22. The topological polar surface area (TPSA) is 73.5 Å². The predicted molar refractivity (Wildman–Crippen MR) is 104 cm³/mol. The first-order chi connectivity index (χ1) is 12.7. The SMILES string of the molecule is CCCCC(NC(=O)C1CNC1)C(=O)Nc1cccc(N2CCCC2)c1. The van der Waals surface area contributed by atoms with Crippen LogP contribution in [-0.2, 0) is 9.59 Å². The number of unbranched alkanes of at least 4 members (excludes halogenated alkanes) is 1. The van der Waals surface area contributed by atoms with E-state index < -0.39 is 6.04 Å². The number of benzene rings is 1. The summed E-state index contributed by atoms with van der Waals surface area (Å²) >= 11 is 0. The van der Waals surface area contributed by atoms with E-state index in [4.69, 9.17) is 0 Å². The van der Waals surface area contributed by atoms with Gasteiger partial charge in [0.1, 0.15) is 6.04 Å². The van der Waals surface area contributed by atoms with Crippen LogP contribution in [0.5, 0.6) is 0 Å². The summed E-state index contributed by atoms with van der Waals surface area (Å²) in [4.78, 5) is 27.3. The van der Waals surface area contributed by atoms with Gasteiger partial charge in [-0.25, -0.2) is 0 Å². The Hall–Kier alpha value is -2.08. The van der Waals surface area contributed by atoms with Crippen molar-refractivity contribution in [3.63, 3.8) is 0 Å². The second-order valence-electron chi connectivity index (χ2n) is 7.29. The maximum Gasteiger partial charge on any atom is 0.246 e. The zero-order valence-corrected chi connectivity index (χ0v) is 15.6. The number of carbonyl (C=O) groups is 2. The largest absolute Gasteiger partial charge is 0.371 e. The minimum atomic E-state index is -0.474. The Morgan fingerprint density at radius 3 is 2.69 bits per heavy atom. The van der Waals surface area contributed by atoms with E-state index in [-0.39, 0.29) is 17.7 Å². The van der Waals surface area contributed by atoms with Gasteiger partial charge in [0.05, 0.1) is 5.92 Å². The van der Waals surface area contributed by atoms with Crippen LogP contribution >= 0.6 is 0 Å². The Balaban J connectivity index is 1.62. The van der Waals surface area contributed by atoms with Crippen molar-refractivity contribution in [3.8, 4) is 0 Å². The van der Waals surface area contributed by atoms with Crippen LogP contribution in [0.3, 0.4) is 0 Å². The lowest BCUT2D eigenvalue weighted by molar-refractivity contribution is -0.130. The van der Waals surface area contributed by atoms with E-state index in [1.165, 1.54) is 12.8 Å². The quantitative estimate of drug-likeness (QED) is 0.666. The first kappa shape index (κ1) is 18.7. The van der Waals surface area contributed by atoms with Crippen LogP contribution in [-0.4, -0.2) is 44.0 Å². The summed E-state index contributed by atoms with van der Waals surface area (Å²) < 4.78 is 0. The second-order valence-corrected chi connectivity index (χ2v) is 7.29. The summed E-state index contributed by atoms with van der Waals surface area (Å²) in [7, 11) is 0. The molecule has 3 N–H and O–H groups in total. The van der Waals surface area contributed by atoms with Crippen molar-refractivity contribution in [1.82, 2.24) is 10.6 Å². The van der Waals surface area contributed by atoms with Crippen LogP contribution in [0.4, 0.5) is 11.4 Å². The van der Waals surface area contributed by atoms with Crippen LogP contribution in [0, 0.1) is 5.92 Å². The Labute approximate surface area is 155 Å². The Morgan fingerprint density at radius 1 is 1.27 bits per heavy atom. The number of anilines is 2. The molecule has 2 saturated heterocycles. The first-order valence-electron chi connectivity index (χ1n) is 9.84. The van der Waals surface area contributed by atoms with Crippen LogP contribution in [0.25, 0.3) is 0 Å². The molecule has 0 bridgehead atoms. The molecule has 142 valence electrons. The van der Waals surface area contributed by atoms with E-state index in [2.05, 4.69) is 33.8 Å². The monoisotopic (exact) mass is 358 g/mol. The zero-order valence-electron chi connectivity index (χ0n) is 15.6. The summed E-state index contributed by atoms with van der Waals surface area (Å²) in [6.07, 6.45) is 5.01. The molecule has 0 saturated carbocycles. The predicted octanol–water partition coefficient (Wildman–Crippen LogP) is 2.12. The molecule has 0 radical (unpaired) electrons. The Bertz CT molecular complexity index is 624. The molecule has 1 aromatic carbocycles. The van der Waals surface area contributed by atoms with Gasteiger partial charge in [-0.15, -0.1) is 0 Å². The first-order valence-corrected chi connectivity index (χ1v) is 9.84. The molecule has 1 atom stereocenters. The van der Waals surface area contributed by atoms with Gasteiger partial charge in [-0.3, -0.25) is 9.59 Å². The summed E-state index contributed by atoms with van der Waals surface area (Å²) in [5, 5.41) is 9.04. The van der Waals surface area contributed by atoms with Crippen molar-refractivity contribution in [2.24, 2.45) is 5.92 Å². The van der Waals surface area contributed by atoms with Crippen molar-refractivity contribution in [2.45, 2.75) is 45.1 Å². The lowest BCUT2D eigenvalue weighted by Crippen LogP contribution is -2.54. The van der Waals surface area contributed by atoms with Crippen LogP contribution in [0.1, 0.15) is 39.0 Å². The van der Waals surface area contributed by atoms with Crippen molar-refractivity contribution in [2.75, 3.05) is 36.4 Å². The fourth-order valence-electron chi connectivity index (χ4n) is 3.43. The van der Waals surface area contributed by atoms with Gasteiger partial charge in [-0.1, -0.05) is 25.8 Å². The average Bonchev–Trinajstić information content (AvgIpc) is 3.11. The Morgan fingerprint density at radius 2 is 2.04 bits per heavy atom. The molecule has 1 aromatic rings. The average molecular weight is 358 g/mol. The van der Waals surface area contributed by atoms with E-state index >= 15 is 0 Å². The molecule has 2 heterocycles. The molecule has 26 heavy (non-hydrogen) atoms. The van der Waals surface area contributed by atoms with Gasteiger partial charge in [0.2, 0.25) is 11.8 Å². The molecule has 0 aliphatic carbocycles. The summed E-state index contributed by atoms with van der Waals surface area (Å²) in [6.45, 7) is 5.63. The van der Waals surface area contributed by atoms with Crippen LogP contribution in [0.2, 0.25) is 0 Å². The second kappa shape index (κ2) is 9.03. The van der Waals surface area contributed by atoms with E-state index in [1.807, 2.05) is 18.2 Å². The number of rotatable bonds is 8.